The summed E-state index contributed by atoms with van der Waals surface area (Å²) in [6.07, 6.45) is 2.79. The number of ketones is 1. The fraction of sp³-hybridized carbons (Fsp3) is 0.968. The zero-order valence-corrected chi connectivity index (χ0v) is 27.6. The van der Waals surface area contributed by atoms with E-state index in [1.54, 1.807) is 7.11 Å². The van der Waals surface area contributed by atoms with E-state index in [0.717, 1.165) is 19.3 Å². The van der Waals surface area contributed by atoms with E-state index in [2.05, 4.69) is 61.6 Å². The number of hydrogen-bond donors (Lipinski definition) is 0. The molecule has 2 heterocycles. The van der Waals surface area contributed by atoms with E-state index in [-0.39, 0.29) is 70.1 Å². The average Bonchev–Trinajstić information content (AvgIpc) is 3.49. The zero-order chi connectivity index (χ0) is 29.0. The van der Waals surface area contributed by atoms with Crippen LogP contribution in [0, 0.1) is 28.6 Å². The average molecular weight is 567 g/mol. The summed E-state index contributed by atoms with van der Waals surface area (Å²) in [4.78, 5) is 14.4. The van der Waals surface area contributed by atoms with E-state index in [4.69, 9.17) is 28.1 Å². The minimum absolute atomic E-state index is 0.0159. The van der Waals surface area contributed by atoms with Gasteiger partial charge in [0, 0.05) is 30.8 Å². The zero-order valence-electron chi connectivity index (χ0n) is 26.6. The Morgan fingerprint density at radius 1 is 1.05 bits per heavy atom. The maximum atomic E-state index is 14.4. The summed E-state index contributed by atoms with van der Waals surface area (Å²) in [7, 11) is -0.622. The van der Waals surface area contributed by atoms with Crippen LogP contribution in [-0.4, -0.2) is 69.9 Å². The first kappa shape index (κ1) is 30.1. The lowest BCUT2D eigenvalue weighted by molar-refractivity contribution is -0.212. The summed E-state index contributed by atoms with van der Waals surface area (Å²) in [6.45, 7) is 25.4. The van der Waals surface area contributed by atoms with Gasteiger partial charge in [0.1, 0.15) is 18.0 Å². The molecule has 224 valence electrons. The van der Waals surface area contributed by atoms with Crippen molar-refractivity contribution in [2.75, 3.05) is 20.5 Å². The molecule has 9 atom stereocenters. The first-order chi connectivity index (χ1) is 17.8. The van der Waals surface area contributed by atoms with Crippen LogP contribution in [0.1, 0.15) is 88.0 Å². The summed E-state index contributed by atoms with van der Waals surface area (Å²) < 4.78 is 38.9. The maximum Gasteiger partial charge on any atom is 0.193 e. The van der Waals surface area contributed by atoms with Crippen molar-refractivity contribution in [3.63, 3.8) is 0 Å². The van der Waals surface area contributed by atoms with Gasteiger partial charge in [-0.05, 0) is 69.5 Å². The predicted molar refractivity (Wildman–Crippen MR) is 152 cm³/mol. The van der Waals surface area contributed by atoms with Crippen LogP contribution < -0.4 is 0 Å². The van der Waals surface area contributed by atoms with Gasteiger partial charge < -0.3 is 28.1 Å². The smallest absolute Gasteiger partial charge is 0.193 e. The second-order valence-corrected chi connectivity index (χ2v) is 21.0. The minimum atomic E-state index is -2.29. The van der Waals surface area contributed by atoms with Gasteiger partial charge in [0.25, 0.3) is 0 Å². The number of carbonyl (C=O) groups is 1. The molecule has 3 aliphatic carbocycles. The molecule has 5 fully saturated rings. The highest BCUT2D eigenvalue weighted by Crippen LogP contribution is 2.67. The van der Waals surface area contributed by atoms with Crippen molar-refractivity contribution in [3.05, 3.63) is 0 Å². The van der Waals surface area contributed by atoms with E-state index >= 15 is 0 Å². The van der Waals surface area contributed by atoms with Crippen LogP contribution in [0.15, 0.2) is 0 Å². The number of ether oxygens (including phenoxy) is 5. The molecular formula is C31H54O7Si. The van der Waals surface area contributed by atoms with Crippen LogP contribution in [-0.2, 0) is 32.9 Å². The van der Waals surface area contributed by atoms with Crippen LogP contribution >= 0.6 is 0 Å². The highest BCUT2D eigenvalue weighted by atomic mass is 28.4. The molecule has 0 N–H and O–H groups in total. The van der Waals surface area contributed by atoms with Crippen LogP contribution in [0.5, 0.6) is 0 Å². The number of Topliss-reactive ketones (excluding diaryl/α,β-unsaturated/α-hetero) is 1. The number of fused-ring (bicyclic) bond motifs is 7. The Morgan fingerprint density at radius 2 is 1.69 bits per heavy atom. The van der Waals surface area contributed by atoms with Crippen LogP contribution in [0.2, 0.25) is 18.1 Å². The predicted octanol–water partition coefficient (Wildman–Crippen LogP) is 6.10. The van der Waals surface area contributed by atoms with Gasteiger partial charge in [0.15, 0.2) is 19.9 Å². The highest BCUT2D eigenvalue weighted by Gasteiger charge is 2.74. The number of rotatable bonds is 5. The van der Waals surface area contributed by atoms with Gasteiger partial charge in [-0.15, -0.1) is 0 Å². The molecule has 0 aromatic rings. The molecule has 7 nitrogen and oxygen atoms in total. The summed E-state index contributed by atoms with van der Waals surface area (Å²) in [5, 5.41) is -0.0159. The highest BCUT2D eigenvalue weighted by molar-refractivity contribution is 6.74. The second-order valence-electron chi connectivity index (χ2n) is 16.3. The fourth-order valence-electron chi connectivity index (χ4n) is 8.88. The molecule has 0 aromatic heterocycles. The molecule has 2 aliphatic heterocycles. The molecule has 2 saturated heterocycles. The van der Waals surface area contributed by atoms with Crippen LogP contribution in [0.25, 0.3) is 0 Å². The van der Waals surface area contributed by atoms with Crippen LogP contribution in [0.3, 0.4) is 0 Å². The van der Waals surface area contributed by atoms with Gasteiger partial charge in [0.05, 0.1) is 24.9 Å². The quantitative estimate of drug-likeness (QED) is 0.226. The van der Waals surface area contributed by atoms with Crippen molar-refractivity contribution in [1.29, 1.82) is 0 Å². The molecule has 39 heavy (non-hydrogen) atoms. The van der Waals surface area contributed by atoms with E-state index in [9.17, 15) is 4.79 Å². The molecule has 3 saturated carbocycles. The lowest BCUT2D eigenvalue weighted by Crippen LogP contribution is -2.70. The molecule has 0 aromatic carbocycles. The standard InChI is InChI=1S/C31H54O7Si/c1-26(2,3)39(11,12)38-30(9)21(32)16-19-15-20-29(8,14-13-22(34-18-33-10)31(20)17-35-31)25-23(24(30)27(19,4)5)36-28(6,7)37-25/h19-20,22-25H,13-18H2,1-12H3/t19-,20-,22-,23+,24-,25-,29+,30+,31+/m0/s1. The van der Waals surface area contributed by atoms with Crippen molar-refractivity contribution in [2.45, 2.75) is 141 Å². The monoisotopic (exact) mass is 566 g/mol. The lowest BCUT2D eigenvalue weighted by atomic mass is 9.45. The largest absolute Gasteiger partial charge is 0.404 e. The molecule has 1 spiro atoms. The summed E-state index contributed by atoms with van der Waals surface area (Å²) in [5.74, 6) is -0.294. The molecular weight excluding hydrogens is 512 g/mol. The maximum absolute atomic E-state index is 14.4. The lowest BCUT2D eigenvalue weighted by Gasteiger charge is -2.63. The van der Waals surface area contributed by atoms with Crippen molar-refractivity contribution in [2.24, 2.45) is 28.6 Å². The Labute approximate surface area is 237 Å². The summed E-state index contributed by atoms with van der Waals surface area (Å²) in [6, 6.07) is 0. The first-order valence-corrected chi connectivity index (χ1v) is 18.0. The fourth-order valence-corrected chi connectivity index (χ4v) is 10.5. The molecule has 2 bridgehead atoms. The molecule has 5 rings (SSSR count). The van der Waals surface area contributed by atoms with Crippen molar-refractivity contribution < 1.29 is 32.9 Å². The van der Waals surface area contributed by atoms with Crippen LogP contribution in [0.4, 0.5) is 0 Å². The van der Waals surface area contributed by atoms with Crippen molar-refractivity contribution >= 4 is 14.1 Å². The minimum Gasteiger partial charge on any atom is -0.404 e. The Balaban J connectivity index is 1.63. The molecule has 8 heteroatoms. The number of epoxide rings is 1. The summed E-state index contributed by atoms with van der Waals surface area (Å²) >= 11 is 0. The third-order valence-electron chi connectivity index (χ3n) is 12.1. The topological polar surface area (TPSA) is 75.8 Å². The van der Waals surface area contributed by atoms with E-state index in [0.29, 0.717) is 13.0 Å². The third kappa shape index (κ3) is 4.45. The second kappa shape index (κ2) is 9.07. The Bertz CT molecular complexity index is 982. The van der Waals surface area contributed by atoms with Gasteiger partial charge >= 0.3 is 0 Å². The first-order valence-electron chi connectivity index (χ1n) is 15.1. The van der Waals surface area contributed by atoms with Crippen molar-refractivity contribution in [3.8, 4) is 0 Å². The van der Waals surface area contributed by atoms with Gasteiger partial charge in [-0.25, -0.2) is 0 Å². The third-order valence-corrected chi connectivity index (χ3v) is 16.6. The van der Waals surface area contributed by atoms with Gasteiger partial charge in [-0.1, -0.05) is 41.5 Å². The molecule has 0 amide bonds. The number of carbonyl (C=O) groups excluding carboxylic acids is 1. The Morgan fingerprint density at radius 3 is 2.26 bits per heavy atom. The van der Waals surface area contributed by atoms with Gasteiger partial charge in [-0.2, -0.15) is 0 Å². The summed E-state index contributed by atoms with van der Waals surface area (Å²) in [5.41, 5.74) is -1.70. The number of hydrogen-bond acceptors (Lipinski definition) is 7. The molecule has 5 aliphatic rings. The molecule has 0 unspecified atom stereocenters. The van der Waals surface area contributed by atoms with Gasteiger partial charge in [0.2, 0.25) is 0 Å². The normalized spacial score (nSPS) is 46.8. The Hall–Kier alpha value is -0.353. The van der Waals surface area contributed by atoms with E-state index in [1.165, 1.54) is 0 Å². The van der Waals surface area contributed by atoms with Gasteiger partial charge in [-0.3, -0.25) is 4.79 Å². The number of methoxy groups -OCH3 is 1. The van der Waals surface area contributed by atoms with E-state index < -0.39 is 19.7 Å². The van der Waals surface area contributed by atoms with E-state index in [1.807, 2.05) is 13.8 Å². The SMILES string of the molecule is COCO[C@H]1CC[C@@]2(C)[C@H]3OC(C)(C)O[C@@H]3[C@H]3C(C)(C)[C@H](CC(=O)[C@@]3(C)O[Si](C)(C)C(C)(C)C)C[C@@H]2[C@]12CO2. The molecule has 0 radical (unpaired) electrons. The van der Waals surface area contributed by atoms with Crippen molar-refractivity contribution in [1.82, 2.24) is 0 Å². The Kier molecular flexibility index (Phi) is 7.01.